The molecule has 2 fully saturated rings. The zero-order chi connectivity index (χ0) is 17.7. The molecule has 0 radical (unpaired) electrons. The van der Waals surface area contributed by atoms with E-state index in [-0.39, 0.29) is 23.4 Å². The predicted octanol–water partition coefficient (Wildman–Crippen LogP) is 5.08. The van der Waals surface area contributed by atoms with Gasteiger partial charge in [-0.15, -0.1) is 0 Å². The van der Waals surface area contributed by atoms with Crippen molar-refractivity contribution >= 4 is 14.3 Å². The van der Waals surface area contributed by atoms with E-state index in [0.29, 0.717) is 29.1 Å². The van der Waals surface area contributed by atoms with E-state index in [4.69, 9.17) is 9.16 Å². The van der Waals surface area contributed by atoms with Crippen LogP contribution in [0.2, 0.25) is 16.6 Å². The molecule has 1 heterocycles. The third-order valence-corrected chi connectivity index (χ3v) is 13.3. The first-order valence-corrected chi connectivity index (χ1v) is 11.9. The van der Waals surface area contributed by atoms with E-state index >= 15 is 0 Å². The lowest BCUT2D eigenvalue weighted by Gasteiger charge is -2.46. The van der Waals surface area contributed by atoms with Crippen LogP contribution >= 0.6 is 0 Å². The van der Waals surface area contributed by atoms with Gasteiger partial charge in [-0.1, -0.05) is 53.7 Å². The molecule has 0 unspecified atom stereocenters. The number of hydrogen-bond acceptors (Lipinski definition) is 3. The summed E-state index contributed by atoms with van der Waals surface area (Å²) in [6.07, 6.45) is 7.80. The van der Waals surface area contributed by atoms with E-state index in [1.54, 1.807) is 0 Å². The van der Waals surface area contributed by atoms with E-state index in [1.807, 2.05) is 0 Å². The van der Waals surface area contributed by atoms with E-state index < -0.39 is 8.32 Å². The molecule has 2 aliphatic carbocycles. The number of rotatable bonds is 5. The molecule has 1 saturated heterocycles. The topological polar surface area (TPSA) is 35.5 Å². The fourth-order valence-electron chi connectivity index (χ4n) is 6.15. The Balaban J connectivity index is 1.90. The summed E-state index contributed by atoms with van der Waals surface area (Å²) in [4.78, 5) is 12.2. The average molecular weight is 351 g/mol. The minimum absolute atomic E-state index is 0.0155. The molecule has 1 saturated carbocycles. The summed E-state index contributed by atoms with van der Waals surface area (Å²) in [5.74, 6) is 0.435. The van der Waals surface area contributed by atoms with Crippen molar-refractivity contribution in [2.24, 2.45) is 17.3 Å². The van der Waals surface area contributed by atoms with Gasteiger partial charge in [0.1, 0.15) is 0 Å². The molecule has 0 amide bonds. The third-order valence-electron chi connectivity index (χ3n) is 7.20. The second-order valence-electron chi connectivity index (χ2n) is 9.10. The number of carbonyl (C=O) groups is 1. The molecule has 3 nitrogen and oxygen atoms in total. The first-order chi connectivity index (χ1) is 11.3. The number of hydrogen-bond donors (Lipinski definition) is 0. The van der Waals surface area contributed by atoms with Crippen molar-refractivity contribution in [3.63, 3.8) is 0 Å². The van der Waals surface area contributed by atoms with Crippen molar-refractivity contribution in [3.05, 3.63) is 12.2 Å². The standard InChI is InChI=1S/C20H34O3Si/c1-13(2)24(14(3)4,15(5)6)23-18-10-11-20-12-22-19(21)17(20)9-7-8-16(18)20/h7-8,13-18H,9-12H2,1-6H3/t16-,17+,18+,20+/m1/s1. The van der Waals surface area contributed by atoms with Gasteiger partial charge >= 0.3 is 5.97 Å². The van der Waals surface area contributed by atoms with Gasteiger partial charge in [0, 0.05) is 11.3 Å². The van der Waals surface area contributed by atoms with E-state index in [9.17, 15) is 4.79 Å². The SMILES string of the molecule is CC(C)[Si](O[C@H]1CC[C@@]23COC(=O)[C@@H]2CC=C[C@H]13)(C(C)C)C(C)C. The molecule has 136 valence electrons. The van der Waals surface area contributed by atoms with Crippen LogP contribution < -0.4 is 0 Å². The highest BCUT2D eigenvalue weighted by Crippen LogP contribution is 2.58. The molecule has 0 aromatic carbocycles. The zero-order valence-electron chi connectivity index (χ0n) is 16.2. The number of esters is 1. The van der Waals surface area contributed by atoms with Gasteiger partial charge in [-0.3, -0.25) is 4.79 Å². The normalized spacial score (nSPS) is 35.7. The van der Waals surface area contributed by atoms with Crippen molar-refractivity contribution in [2.45, 2.75) is 83.5 Å². The Labute approximate surface area is 148 Å². The van der Waals surface area contributed by atoms with Crippen LogP contribution in [0, 0.1) is 17.3 Å². The monoisotopic (exact) mass is 350 g/mol. The first-order valence-electron chi connectivity index (χ1n) is 9.76. The van der Waals surface area contributed by atoms with Crippen LogP contribution in [0.25, 0.3) is 0 Å². The maximum absolute atomic E-state index is 12.2. The largest absolute Gasteiger partial charge is 0.465 e. The van der Waals surface area contributed by atoms with E-state index in [2.05, 4.69) is 53.7 Å². The van der Waals surface area contributed by atoms with Crippen molar-refractivity contribution in [1.82, 2.24) is 0 Å². The average Bonchev–Trinajstić information content (AvgIpc) is 3.03. The minimum Gasteiger partial charge on any atom is -0.465 e. The van der Waals surface area contributed by atoms with E-state index in [1.165, 1.54) is 0 Å². The Bertz CT molecular complexity index is 503. The fourth-order valence-corrected chi connectivity index (χ4v) is 11.8. The highest BCUT2D eigenvalue weighted by Gasteiger charge is 2.61. The molecule has 4 heteroatoms. The minimum atomic E-state index is -1.89. The highest BCUT2D eigenvalue weighted by molar-refractivity contribution is 6.77. The van der Waals surface area contributed by atoms with Gasteiger partial charge in [-0.2, -0.15) is 0 Å². The Morgan fingerprint density at radius 1 is 1.17 bits per heavy atom. The van der Waals surface area contributed by atoms with Crippen LogP contribution in [-0.2, 0) is 14.0 Å². The van der Waals surface area contributed by atoms with Crippen molar-refractivity contribution in [3.8, 4) is 0 Å². The molecule has 3 aliphatic rings. The molecule has 0 bridgehead atoms. The number of cyclic esters (lactones) is 1. The molecule has 3 rings (SSSR count). The molecule has 4 atom stereocenters. The highest BCUT2D eigenvalue weighted by atomic mass is 28.4. The Morgan fingerprint density at radius 2 is 1.79 bits per heavy atom. The molecule has 0 N–H and O–H groups in total. The van der Waals surface area contributed by atoms with Gasteiger partial charge in [0.05, 0.1) is 18.6 Å². The maximum Gasteiger partial charge on any atom is 0.309 e. The van der Waals surface area contributed by atoms with Gasteiger partial charge < -0.3 is 9.16 Å². The van der Waals surface area contributed by atoms with Gasteiger partial charge in [-0.25, -0.2) is 0 Å². The summed E-state index contributed by atoms with van der Waals surface area (Å²) in [5, 5.41) is 0. The van der Waals surface area contributed by atoms with Gasteiger partial charge in [0.25, 0.3) is 0 Å². The summed E-state index contributed by atoms with van der Waals surface area (Å²) in [6.45, 7) is 14.7. The smallest absolute Gasteiger partial charge is 0.309 e. The molecular formula is C20H34O3Si. The molecule has 24 heavy (non-hydrogen) atoms. The fraction of sp³-hybridized carbons (Fsp3) is 0.850. The Hall–Kier alpha value is -0.613. The molecule has 1 aliphatic heterocycles. The Morgan fingerprint density at radius 3 is 2.38 bits per heavy atom. The van der Waals surface area contributed by atoms with Crippen molar-refractivity contribution in [2.75, 3.05) is 6.61 Å². The molecule has 0 aromatic rings. The van der Waals surface area contributed by atoms with Crippen LogP contribution in [-0.4, -0.2) is 27.0 Å². The summed E-state index contributed by atoms with van der Waals surface area (Å²) in [6, 6.07) is 0. The lowest BCUT2D eigenvalue weighted by molar-refractivity contribution is -0.141. The van der Waals surface area contributed by atoms with Crippen LogP contribution in [0.1, 0.15) is 60.8 Å². The summed E-state index contributed by atoms with van der Waals surface area (Å²) in [7, 11) is -1.89. The second-order valence-corrected chi connectivity index (χ2v) is 14.5. The quantitative estimate of drug-likeness (QED) is 0.394. The molecular weight excluding hydrogens is 316 g/mol. The molecule has 0 aromatic heterocycles. The zero-order valence-corrected chi connectivity index (χ0v) is 17.2. The van der Waals surface area contributed by atoms with Crippen molar-refractivity contribution < 1.29 is 14.0 Å². The lowest BCUT2D eigenvalue weighted by atomic mass is 9.66. The number of carbonyl (C=O) groups excluding carboxylic acids is 1. The second kappa shape index (κ2) is 6.28. The van der Waals surface area contributed by atoms with Crippen LogP contribution in [0.5, 0.6) is 0 Å². The predicted molar refractivity (Wildman–Crippen MR) is 99.3 cm³/mol. The van der Waals surface area contributed by atoms with Crippen LogP contribution in [0.4, 0.5) is 0 Å². The summed E-state index contributed by atoms with van der Waals surface area (Å²) < 4.78 is 12.6. The van der Waals surface area contributed by atoms with Crippen LogP contribution in [0.15, 0.2) is 12.2 Å². The summed E-state index contributed by atoms with van der Waals surface area (Å²) in [5.41, 5.74) is 1.80. The van der Waals surface area contributed by atoms with E-state index in [0.717, 1.165) is 19.3 Å². The first kappa shape index (κ1) is 18.2. The molecule has 1 spiro atoms. The third kappa shape index (κ3) is 2.44. The maximum atomic E-state index is 12.2. The van der Waals surface area contributed by atoms with Gasteiger partial charge in [-0.05, 0) is 35.9 Å². The summed E-state index contributed by atoms with van der Waals surface area (Å²) >= 11 is 0. The van der Waals surface area contributed by atoms with Crippen molar-refractivity contribution in [1.29, 1.82) is 0 Å². The number of allylic oxidation sites excluding steroid dienone is 1. The van der Waals surface area contributed by atoms with Gasteiger partial charge in [0.2, 0.25) is 8.32 Å². The lowest BCUT2D eigenvalue weighted by Crippen LogP contribution is -2.52. The van der Waals surface area contributed by atoms with Gasteiger partial charge in [0.15, 0.2) is 0 Å². The van der Waals surface area contributed by atoms with Crippen LogP contribution in [0.3, 0.4) is 0 Å². The number of ether oxygens (including phenoxy) is 1. The Kier molecular flexibility index (Phi) is 4.76.